The van der Waals surface area contributed by atoms with Crippen LogP contribution in [0.15, 0.2) is 95.0 Å². The zero-order chi connectivity index (χ0) is 24.6. The third kappa shape index (κ3) is 3.97. The van der Waals surface area contributed by atoms with E-state index in [2.05, 4.69) is 15.4 Å². The molecule has 2 aromatic heterocycles. The van der Waals surface area contributed by atoms with Crippen LogP contribution in [0.2, 0.25) is 0 Å². The second-order valence-corrected chi connectivity index (χ2v) is 9.46. The van der Waals surface area contributed by atoms with Crippen molar-refractivity contribution in [2.75, 3.05) is 11.1 Å². The number of aromatic nitrogens is 4. The molecular formula is C27H20FN5O2S. The molecule has 7 nitrogen and oxygen atoms in total. The Kier molecular flexibility index (Phi) is 5.61. The molecule has 6 rings (SSSR count). The summed E-state index contributed by atoms with van der Waals surface area (Å²) in [4.78, 5) is 31.1. The summed E-state index contributed by atoms with van der Waals surface area (Å²) in [5.41, 5.74) is 3.45. The first kappa shape index (κ1) is 22.2. The number of hydrogen-bond acceptors (Lipinski definition) is 5. The van der Waals surface area contributed by atoms with E-state index in [0.717, 1.165) is 16.8 Å². The van der Waals surface area contributed by atoms with E-state index in [-0.39, 0.29) is 29.7 Å². The van der Waals surface area contributed by atoms with Crippen LogP contribution in [-0.4, -0.2) is 31.0 Å². The van der Waals surface area contributed by atoms with Crippen LogP contribution in [0.4, 0.5) is 10.1 Å². The fourth-order valence-corrected chi connectivity index (χ4v) is 5.56. The third-order valence-corrected chi connectivity index (χ3v) is 7.25. The van der Waals surface area contributed by atoms with Gasteiger partial charge in [-0.3, -0.25) is 14.2 Å². The Hall–Kier alpha value is -4.24. The van der Waals surface area contributed by atoms with Crippen molar-refractivity contribution in [1.82, 2.24) is 19.3 Å². The molecule has 0 spiro atoms. The first-order valence-corrected chi connectivity index (χ1v) is 12.4. The Morgan fingerprint density at radius 2 is 1.78 bits per heavy atom. The highest BCUT2D eigenvalue weighted by Crippen LogP contribution is 2.34. The summed E-state index contributed by atoms with van der Waals surface area (Å²) in [5, 5.41) is 8.22. The molecule has 0 saturated carbocycles. The lowest BCUT2D eigenvalue weighted by Crippen LogP contribution is -2.27. The molecule has 0 bridgehead atoms. The van der Waals surface area contributed by atoms with Gasteiger partial charge >= 0.3 is 0 Å². The van der Waals surface area contributed by atoms with E-state index in [9.17, 15) is 14.0 Å². The lowest BCUT2D eigenvalue weighted by molar-refractivity contribution is -0.116. The van der Waals surface area contributed by atoms with E-state index in [0.29, 0.717) is 27.6 Å². The molecule has 0 saturated heterocycles. The van der Waals surface area contributed by atoms with Crippen LogP contribution in [0, 0.1) is 5.82 Å². The largest absolute Gasteiger partial charge is 0.325 e. The van der Waals surface area contributed by atoms with Crippen LogP contribution in [0.3, 0.4) is 0 Å². The van der Waals surface area contributed by atoms with Gasteiger partial charge in [0.1, 0.15) is 11.2 Å². The number of carbonyl (C=O) groups excluding carboxylic acids is 1. The van der Waals surface area contributed by atoms with Crippen molar-refractivity contribution in [2.24, 2.45) is 0 Å². The smallest absolute Gasteiger partial charge is 0.265 e. The molecule has 36 heavy (non-hydrogen) atoms. The SMILES string of the molecule is O=C(CC1CSc2nc3c(cnn3-c3ccc(F)cc3)c(=O)n21)Nc1ccccc1-c1ccccc1. The maximum atomic E-state index is 13.4. The number of carbonyl (C=O) groups is 1. The van der Waals surface area contributed by atoms with E-state index in [1.54, 1.807) is 16.7 Å². The van der Waals surface area contributed by atoms with Gasteiger partial charge in [0, 0.05) is 23.4 Å². The van der Waals surface area contributed by atoms with Gasteiger partial charge in [0.2, 0.25) is 5.91 Å². The number of anilines is 1. The Morgan fingerprint density at radius 3 is 2.58 bits per heavy atom. The quantitative estimate of drug-likeness (QED) is 0.343. The van der Waals surface area contributed by atoms with Gasteiger partial charge in [-0.25, -0.2) is 14.1 Å². The number of amides is 1. The number of para-hydroxylation sites is 1. The standard InChI is InChI=1S/C27H20FN5O2S/c28-18-10-12-19(13-11-18)33-25-22(15-29-33)26(35)32-20(16-36-27(32)31-25)14-24(34)30-23-9-5-4-8-21(23)17-6-2-1-3-7-17/h1-13,15,20H,14,16H2,(H,30,34). The molecule has 0 aliphatic carbocycles. The first-order valence-electron chi connectivity index (χ1n) is 11.4. The van der Waals surface area contributed by atoms with Gasteiger partial charge < -0.3 is 5.32 Å². The number of halogens is 1. The van der Waals surface area contributed by atoms with Crippen molar-refractivity contribution < 1.29 is 9.18 Å². The third-order valence-electron chi connectivity index (χ3n) is 6.15. The van der Waals surface area contributed by atoms with Gasteiger partial charge in [-0.05, 0) is 35.9 Å². The van der Waals surface area contributed by atoms with Crippen molar-refractivity contribution in [3.05, 3.63) is 101 Å². The monoisotopic (exact) mass is 497 g/mol. The summed E-state index contributed by atoms with van der Waals surface area (Å²) in [6.07, 6.45) is 1.61. The average Bonchev–Trinajstić information content (AvgIpc) is 3.50. The Morgan fingerprint density at radius 1 is 1.03 bits per heavy atom. The first-order chi connectivity index (χ1) is 17.6. The van der Waals surface area contributed by atoms with Crippen molar-refractivity contribution in [3.8, 4) is 16.8 Å². The van der Waals surface area contributed by atoms with Gasteiger partial charge in [0.25, 0.3) is 5.56 Å². The topological polar surface area (TPSA) is 81.8 Å². The van der Waals surface area contributed by atoms with E-state index in [1.807, 2.05) is 54.6 Å². The van der Waals surface area contributed by atoms with Gasteiger partial charge in [-0.2, -0.15) is 5.10 Å². The average molecular weight is 498 g/mol. The minimum atomic E-state index is -0.354. The molecule has 178 valence electrons. The van der Waals surface area contributed by atoms with E-state index < -0.39 is 0 Å². The van der Waals surface area contributed by atoms with Gasteiger partial charge in [0.15, 0.2) is 10.8 Å². The molecule has 0 radical (unpaired) electrons. The molecule has 0 fully saturated rings. The van der Waals surface area contributed by atoms with Crippen LogP contribution in [0.5, 0.6) is 0 Å². The summed E-state index contributed by atoms with van der Waals surface area (Å²) >= 11 is 1.43. The molecule has 1 aliphatic rings. The number of benzene rings is 3. The van der Waals surface area contributed by atoms with Crippen molar-refractivity contribution >= 4 is 34.4 Å². The predicted molar refractivity (Wildman–Crippen MR) is 138 cm³/mol. The Labute approximate surface area is 209 Å². The summed E-state index contributed by atoms with van der Waals surface area (Å²) in [6, 6.07) is 23.0. The van der Waals surface area contributed by atoms with Crippen LogP contribution < -0.4 is 10.9 Å². The highest BCUT2D eigenvalue weighted by Gasteiger charge is 2.29. The highest BCUT2D eigenvalue weighted by atomic mass is 32.2. The van der Waals surface area contributed by atoms with E-state index in [1.165, 1.54) is 34.8 Å². The predicted octanol–water partition coefficient (Wildman–Crippen LogP) is 5.06. The number of hydrogen-bond donors (Lipinski definition) is 1. The summed E-state index contributed by atoms with van der Waals surface area (Å²) in [6.45, 7) is 0. The number of fused-ring (bicyclic) bond motifs is 2. The molecule has 1 amide bonds. The lowest BCUT2D eigenvalue weighted by atomic mass is 10.0. The van der Waals surface area contributed by atoms with E-state index >= 15 is 0 Å². The molecule has 1 unspecified atom stereocenters. The molecule has 3 aromatic carbocycles. The molecular weight excluding hydrogens is 477 g/mol. The second kappa shape index (κ2) is 9.09. The highest BCUT2D eigenvalue weighted by molar-refractivity contribution is 7.99. The molecule has 1 atom stereocenters. The number of rotatable bonds is 5. The van der Waals surface area contributed by atoms with Crippen LogP contribution in [0.1, 0.15) is 12.5 Å². The summed E-state index contributed by atoms with van der Waals surface area (Å²) < 4.78 is 16.5. The summed E-state index contributed by atoms with van der Waals surface area (Å²) in [5.74, 6) is 0.0325. The van der Waals surface area contributed by atoms with Crippen LogP contribution in [-0.2, 0) is 4.79 Å². The molecule has 1 N–H and O–H groups in total. The zero-order valence-electron chi connectivity index (χ0n) is 19.0. The van der Waals surface area contributed by atoms with Crippen molar-refractivity contribution in [1.29, 1.82) is 0 Å². The van der Waals surface area contributed by atoms with Gasteiger partial charge in [-0.15, -0.1) is 0 Å². The van der Waals surface area contributed by atoms with Crippen LogP contribution >= 0.6 is 11.8 Å². The van der Waals surface area contributed by atoms with Crippen molar-refractivity contribution in [2.45, 2.75) is 17.6 Å². The minimum Gasteiger partial charge on any atom is -0.325 e. The Balaban J connectivity index is 1.27. The molecule has 5 aromatic rings. The summed E-state index contributed by atoms with van der Waals surface area (Å²) in [7, 11) is 0. The van der Waals surface area contributed by atoms with Gasteiger partial charge in [-0.1, -0.05) is 60.3 Å². The Bertz CT molecular complexity index is 1650. The fraction of sp³-hybridized carbons (Fsp3) is 0.111. The maximum absolute atomic E-state index is 13.4. The van der Waals surface area contributed by atoms with Crippen molar-refractivity contribution in [3.63, 3.8) is 0 Å². The molecule has 1 aliphatic heterocycles. The van der Waals surface area contributed by atoms with Crippen LogP contribution in [0.25, 0.3) is 27.8 Å². The van der Waals surface area contributed by atoms with Gasteiger partial charge in [0.05, 0.1) is 17.9 Å². The zero-order valence-corrected chi connectivity index (χ0v) is 19.8. The lowest BCUT2D eigenvalue weighted by Gasteiger charge is -2.15. The number of nitrogens with zero attached hydrogens (tertiary/aromatic N) is 4. The van der Waals surface area contributed by atoms with E-state index in [4.69, 9.17) is 0 Å². The molecule has 9 heteroatoms. The second-order valence-electron chi connectivity index (χ2n) is 8.47. The number of nitrogens with one attached hydrogen (secondary N) is 1. The maximum Gasteiger partial charge on any atom is 0.265 e. The molecule has 3 heterocycles. The minimum absolute atomic E-state index is 0.141. The fourth-order valence-electron chi connectivity index (χ4n) is 4.43. The number of thioether (sulfide) groups is 1. The normalized spacial score (nSPS) is 14.6.